The lowest BCUT2D eigenvalue weighted by molar-refractivity contribution is 0.259. The average molecular weight is 450 g/mol. The van der Waals surface area contributed by atoms with Crippen molar-refractivity contribution in [3.63, 3.8) is 0 Å². The van der Waals surface area contributed by atoms with Crippen molar-refractivity contribution in [1.29, 1.82) is 0 Å². The molecule has 8 nitrogen and oxygen atoms in total. The number of carbonyl (C=O) groups is 1. The number of urea groups is 1. The molecule has 3 heterocycles. The lowest BCUT2D eigenvalue weighted by Crippen LogP contribution is -2.40. The van der Waals surface area contributed by atoms with Crippen LogP contribution in [0.5, 0.6) is 0 Å². The van der Waals surface area contributed by atoms with Gasteiger partial charge in [-0.3, -0.25) is 15.3 Å². The van der Waals surface area contributed by atoms with Gasteiger partial charge in [0.05, 0.1) is 18.2 Å². The number of fused-ring (bicyclic) bond motifs is 1. The van der Waals surface area contributed by atoms with Gasteiger partial charge >= 0.3 is 6.03 Å². The minimum Gasteiger partial charge on any atom is -0.351 e. The van der Waals surface area contributed by atoms with E-state index in [-0.39, 0.29) is 11.8 Å². The number of benzene rings is 1. The minimum atomic E-state index is -0.661. The van der Waals surface area contributed by atoms with Crippen LogP contribution in [0.3, 0.4) is 0 Å². The van der Waals surface area contributed by atoms with Crippen molar-refractivity contribution in [2.24, 2.45) is 21.6 Å². The van der Waals surface area contributed by atoms with Crippen molar-refractivity contribution in [2.45, 2.75) is 12.5 Å². The molecule has 2 atom stereocenters. The standard InChI is InChI=1S/C26H23N7O/c27-26(34)32-22-13-12-18(15-29-22)24-31-21-11-6-10-20(17-7-2-1-3-8-17)23(21)25(33-24)30-16-19-9-4-5-14-28-19/h1-15,20,23H,16H2,(H,30,31,33)(H3,27,29,32,34). The highest BCUT2D eigenvalue weighted by Gasteiger charge is 2.35. The van der Waals surface area contributed by atoms with Crippen LogP contribution in [-0.2, 0) is 6.54 Å². The number of amidine groups is 2. The third kappa shape index (κ3) is 4.61. The highest BCUT2D eigenvalue weighted by Crippen LogP contribution is 2.37. The summed E-state index contributed by atoms with van der Waals surface area (Å²) >= 11 is 0. The number of rotatable bonds is 5. The van der Waals surface area contributed by atoms with Crippen LogP contribution < -0.4 is 16.4 Å². The first kappa shape index (κ1) is 21.3. The molecule has 4 N–H and O–H groups in total. The van der Waals surface area contributed by atoms with Crippen LogP contribution in [0, 0.1) is 5.92 Å². The second-order valence-electron chi connectivity index (χ2n) is 7.92. The summed E-state index contributed by atoms with van der Waals surface area (Å²) < 4.78 is 0. The largest absolute Gasteiger partial charge is 0.351 e. The van der Waals surface area contributed by atoms with Gasteiger partial charge in [0.25, 0.3) is 0 Å². The molecule has 8 heteroatoms. The summed E-state index contributed by atoms with van der Waals surface area (Å²) in [7, 11) is 0. The summed E-state index contributed by atoms with van der Waals surface area (Å²) in [4.78, 5) is 29.6. The first-order valence-corrected chi connectivity index (χ1v) is 10.9. The number of nitrogens with two attached hydrogens (primary N) is 1. The summed E-state index contributed by atoms with van der Waals surface area (Å²) in [6, 6.07) is 19.0. The second kappa shape index (κ2) is 9.50. The second-order valence-corrected chi connectivity index (χ2v) is 7.92. The predicted molar refractivity (Wildman–Crippen MR) is 132 cm³/mol. The number of aromatic nitrogens is 2. The number of pyridine rings is 2. The van der Waals surface area contributed by atoms with Gasteiger partial charge in [0, 0.05) is 29.6 Å². The average Bonchev–Trinajstić information content (AvgIpc) is 2.88. The van der Waals surface area contributed by atoms with Crippen LogP contribution in [0.15, 0.2) is 107 Å². The molecule has 0 saturated heterocycles. The fourth-order valence-corrected chi connectivity index (χ4v) is 4.09. The molecule has 2 aromatic heterocycles. The summed E-state index contributed by atoms with van der Waals surface area (Å²) in [5.41, 5.74) is 9.04. The van der Waals surface area contributed by atoms with E-state index in [1.165, 1.54) is 5.56 Å². The molecule has 3 aromatic rings. The topological polar surface area (TPSA) is 118 Å². The van der Waals surface area contributed by atoms with Crippen molar-refractivity contribution in [3.05, 3.63) is 114 Å². The molecular formula is C26H23N7O. The molecule has 2 aliphatic rings. The molecule has 168 valence electrons. The van der Waals surface area contributed by atoms with Gasteiger partial charge in [0.2, 0.25) is 0 Å². The SMILES string of the molecule is NC(=O)Nc1ccc(C2=NC(=NCc3ccccn3)C3C(=CC=CC3c3ccccc3)N2)cn1. The fourth-order valence-electron chi connectivity index (χ4n) is 4.09. The molecule has 0 radical (unpaired) electrons. The van der Waals surface area contributed by atoms with Gasteiger partial charge in [-0.05, 0) is 35.9 Å². The Morgan fingerprint density at radius 3 is 2.65 bits per heavy atom. The van der Waals surface area contributed by atoms with Crippen LogP contribution in [0.2, 0.25) is 0 Å². The number of amides is 2. The zero-order chi connectivity index (χ0) is 23.3. The molecule has 0 fully saturated rings. The van der Waals surface area contributed by atoms with Gasteiger partial charge in [0.15, 0.2) is 0 Å². The first-order chi connectivity index (χ1) is 16.7. The lowest BCUT2D eigenvalue weighted by Gasteiger charge is -2.34. The number of hydrogen-bond donors (Lipinski definition) is 3. The van der Waals surface area contributed by atoms with E-state index in [1.807, 2.05) is 42.5 Å². The predicted octanol–water partition coefficient (Wildman–Crippen LogP) is 3.77. The quantitative estimate of drug-likeness (QED) is 0.549. The van der Waals surface area contributed by atoms with Gasteiger partial charge in [-0.15, -0.1) is 0 Å². The van der Waals surface area contributed by atoms with Gasteiger partial charge in [0.1, 0.15) is 17.5 Å². The molecular weight excluding hydrogens is 426 g/mol. The highest BCUT2D eigenvalue weighted by molar-refractivity contribution is 6.11. The van der Waals surface area contributed by atoms with E-state index in [0.717, 1.165) is 22.8 Å². The van der Waals surface area contributed by atoms with Crippen LogP contribution in [0.1, 0.15) is 22.7 Å². The number of hydrogen-bond acceptors (Lipinski definition) is 5. The van der Waals surface area contributed by atoms with Crippen LogP contribution in [0.25, 0.3) is 0 Å². The molecule has 0 spiro atoms. The van der Waals surface area contributed by atoms with Crippen molar-refractivity contribution in [2.75, 3.05) is 5.32 Å². The number of carbonyl (C=O) groups excluding carboxylic acids is 1. The maximum Gasteiger partial charge on any atom is 0.317 e. The summed E-state index contributed by atoms with van der Waals surface area (Å²) in [5.74, 6) is 1.79. The summed E-state index contributed by atoms with van der Waals surface area (Å²) in [6.07, 6.45) is 9.72. The Kier molecular flexibility index (Phi) is 5.94. The number of nitrogens with zero attached hydrogens (tertiary/aromatic N) is 4. The zero-order valence-corrected chi connectivity index (χ0v) is 18.3. The Balaban J connectivity index is 1.53. The van der Waals surface area contributed by atoms with Gasteiger partial charge in [-0.25, -0.2) is 14.8 Å². The molecule has 1 aliphatic carbocycles. The van der Waals surface area contributed by atoms with E-state index in [4.69, 9.17) is 15.7 Å². The first-order valence-electron chi connectivity index (χ1n) is 10.9. The molecule has 0 bridgehead atoms. The number of anilines is 1. The third-order valence-corrected chi connectivity index (χ3v) is 5.66. The normalized spacial score (nSPS) is 20.1. The molecule has 2 amide bonds. The van der Waals surface area contributed by atoms with E-state index in [0.29, 0.717) is 18.2 Å². The molecule has 5 rings (SSSR count). The van der Waals surface area contributed by atoms with Crippen molar-refractivity contribution >= 4 is 23.5 Å². The minimum absolute atomic E-state index is 0.0522. The maximum atomic E-state index is 11.1. The van der Waals surface area contributed by atoms with Crippen LogP contribution in [0.4, 0.5) is 10.6 Å². The number of aliphatic imine (C=N–C) groups is 2. The van der Waals surface area contributed by atoms with Crippen molar-refractivity contribution < 1.29 is 4.79 Å². The highest BCUT2D eigenvalue weighted by atomic mass is 16.2. The molecule has 2 unspecified atom stereocenters. The maximum absolute atomic E-state index is 11.1. The number of primary amides is 1. The van der Waals surface area contributed by atoms with E-state index >= 15 is 0 Å². The van der Waals surface area contributed by atoms with Crippen molar-refractivity contribution in [1.82, 2.24) is 15.3 Å². The smallest absolute Gasteiger partial charge is 0.317 e. The van der Waals surface area contributed by atoms with Crippen molar-refractivity contribution in [3.8, 4) is 0 Å². The van der Waals surface area contributed by atoms with E-state index in [9.17, 15) is 4.79 Å². The molecule has 34 heavy (non-hydrogen) atoms. The summed E-state index contributed by atoms with van der Waals surface area (Å²) in [5, 5.41) is 5.94. The fraction of sp³-hybridized carbons (Fsp3) is 0.115. The summed E-state index contributed by atoms with van der Waals surface area (Å²) in [6.45, 7) is 0.432. The van der Waals surface area contributed by atoms with E-state index in [2.05, 4.69) is 51.0 Å². The Hall–Kier alpha value is -4.59. The van der Waals surface area contributed by atoms with Gasteiger partial charge in [-0.2, -0.15) is 0 Å². The Labute approximate surface area is 197 Å². The van der Waals surface area contributed by atoms with E-state index in [1.54, 1.807) is 18.5 Å². The monoisotopic (exact) mass is 449 g/mol. The van der Waals surface area contributed by atoms with Gasteiger partial charge in [-0.1, -0.05) is 48.6 Å². The number of allylic oxidation sites excluding steroid dienone is 3. The Morgan fingerprint density at radius 2 is 1.91 bits per heavy atom. The van der Waals surface area contributed by atoms with Crippen LogP contribution >= 0.6 is 0 Å². The zero-order valence-electron chi connectivity index (χ0n) is 18.3. The van der Waals surface area contributed by atoms with E-state index < -0.39 is 6.03 Å². The lowest BCUT2D eigenvalue weighted by atomic mass is 9.79. The number of nitrogens with one attached hydrogen (secondary N) is 2. The third-order valence-electron chi connectivity index (χ3n) is 5.66. The van der Waals surface area contributed by atoms with Gasteiger partial charge < -0.3 is 11.1 Å². The van der Waals surface area contributed by atoms with Crippen LogP contribution in [-0.4, -0.2) is 27.7 Å². The molecule has 0 saturated carbocycles. The molecule has 1 aliphatic heterocycles. The molecule has 1 aromatic carbocycles. The Bertz CT molecular complexity index is 1300. The Morgan fingerprint density at radius 1 is 1.06 bits per heavy atom.